The quantitative estimate of drug-likeness (QED) is 0.243. The predicted octanol–water partition coefficient (Wildman–Crippen LogP) is 4.65. The fourth-order valence-corrected chi connectivity index (χ4v) is 5.24. The fourth-order valence-electron chi connectivity index (χ4n) is 5.24. The zero-order valence-corrected chi connectivity index (χ0v) is 20.0. The smallest absolute Gasteiger partial charge is 0.315 e. The molecule has 5 nitrogen and oxygen atoms in total. The standard InChI is InChI=1S/C29H35N2O3/c1-4-22(3)27(32)19-31-16-14-24(15-17-31)28(20-31)34-29(33)26(23-8-6-5-7-9-23)18-30-25-12-10-21(2)11-13-25/h4-13,24,26,28,30H,1,3,14-20H2,2H3/q+1. The molecule has 3 heterocycles. The summed E-state index contributed by atoms with van der Waals surface area (Å²) in [6, 6.07) is 18.0. The van der Waals surface area contributed by atoms with Gasteiger partial charge in [0, 0.05) is 36.6 Å². The van der Waals surface area contributed by atoms with Gasteiger partial charge in [0.2, 0.25) is 5.78 Å². The largest absolute Gasteiger partial charge is 0.456 e. The van der Waals surface area contributed by atoms with Gasteiger partial charge in [-0.2, -0.15) is 0 Å². The van der Waals surface area contributed by atoms with Crippen LogP contribution in [0.25, 0.3) is 0 Å². The van der Waals surface area contributed by atoms with E-state index in [9.17, 15) is 9.59 Å². The molecule has 2 aromatic carbocycles. The van der Waals surface area contributed by atoms with Gasteiger partial charge >= 0.3 is 5.97 Å². The van der Waals surface area contributed by atoms with Crippen LogP contribution in [0, 0.1) is 12.8 Å². The molecule has 3 aliphatic rings. The molecule has 2 unspecified atom stereocenters. The summed E-state index contributed by atoms with van der Waals surface area (Å²) in [5.41, 5.74) is 3.57. The molecule has 2 atom stereocenters. The first-order valence-corrected chi connectivity index (χ1v) is 12.1. The van der Waals surface area contributed by atoms with Gasteiger partial charge in [-0.15, -0.1) is 0 Å². The molecule has 0 radical (unpaired) electrons. The molecule has 2 aromatic rings. The third-order valence-corrected chi connectivity index (χ3v) is 7.44. The van der Waals surface area contributed by atoms with Gasteiger partial charge in [-0.25, -0.2) is 0 Å². The third kappa shape index (κ3) is 5.48. The zero-order valence-electron chi connectivity index (χ0n) is 20.0. The molecule has 2 bridgehead atoms. The minimum absolute atomic E-state index is 0.0323. The van der Waals surface area contributed by atoms with E-state index >= 15 is 0 Å². The Bertz CT molecular complexity index is 1040. The highest BCUT2D eigenvalue weighted by Gasteiger charge is 2.48. The minimum Gasteiger partial charge on any atom is -0.456 e. The molecule has 3 fully saturated rings. The van der Waals surface area contributed by atoms with E-state index in [1.54, 1.807) is 0 Å². The molecular weight excluding hydrogens is 424 g/mol. The number of nitrogens with zero attached hydrogens (tertiary/aromatic N) is 1. The van der Waals surface area contributed by atoms with Crippen LogP contribution in [0.4, 0.5) is 5.69 Å². The number of allylic oxidation sites excluding steroid dienone is 1. The number of Topliss-reactive ketones (excluding diaryl/α,β-unsaturated/α-hetero) is 1. The highest BCUT2D eigenvalue weighted by atomic mass is 16.5. The van der Waals surface area contributed by atoms with Crippen LogP contribution in [-0.4, -0.2) is 55.1 Å². The second-order valence-corrected chi connectivity index (χ2v) is 9.81. The number of carbonyl (C=O) groups excluding carboxylic acids is 2. The summed E-state index contributed by atoms with van der Waals surface area (Å²) in [6.45, 7) is 13.0. The summed E-state index contributed by atoms with van der Waals surface area (Å²) in [5, 5.41) is 3.41. The number of nitrogens with one attached hydrogen (secondary N) is 1. The highest BCUT2D eigenvalue weighted by Crippen LogP contribution is 2.36. The second kappa shape index (κ2) is 10.4. The van der Waals surface area contributed by atoms with Crippen LogP contribution >= 0.6 is 0 Å². The molecule has 5 rings (SSSR count). The first kappa shape index (κ1) is 24.0. The van der Waals surface area contributed by atoms with Crippen LogP contribution in [0.5, 0.6) is 0 Å². The normalized spacial score (nSPS) is 24.1. The number of piperidine rings is 3. The molecule has 0 saturated carbocycles. The number of esters is 1. The maximum absolute atomic E-state index is 13.5. The highest BCUT2D eigenvalue weighted by molar-refractivity contribution is 5.98. The van der Waals surface area contributed by atoms with E-state index in [2.05, 4.69) is 37.5 Å². The molecule has 0 spiro atoms. The Morgan fingerprint density at radius 1 is 1.12 bits per heavy atom. The van der Waals surface area contributed by atoms with Crippen molar-refractivity contribution in [1.29, 1.82) is 0 Å². The van der Waals surface area contributed by atoms with Crippen LogP contribution in [0.3, 0.4) is 0 Å². The summed E-state index contributed by atoms with van der Waals surface area (Å²) >= 11 is 0. The van der Waals surface area contributed by atoms with E-state index in [1.165, 1.54) is 11.6 Å². The van der Waals surface area contributed by atoms with E-state index in [0.29, 0.717) is 35.6 Å². The van der Waals surface area contributed by atoms with Crippen LogP contribution in [0.15, 0.2) is 79.4 Å². The Hall–Kier alpha value is -3.18. The number of quaternary nitrogens is 1. The fraction of sp³-hybridized carbons (Fsp3) is 0.379. The molecule has 3 aliphatic heterocycles. The number of carbonyl (C=O) groups is 2. The summed E-state index contributed by atoms with van der Waals surface area (Å²) in [4.78, 5) is 26.1. The summed E-state index contributed by atoms with van der Waals surface area (Å²) < 4.78 is 6.87. The van der Waals surface area contributed by atoms with Gasteiger partial charge in [0.05, 0.1) is 19.0 Å². The van der Waals surface area contributed by atoms with Gasteiger partial charge in [0.1, 0.15) is 13.1 Å². The van der Waals surface area contributed by atoms with Crippen molar-refractivity contribution in [2.75, 3.05) is 38.0 Å². The summed E-state index contributed by atoms with van der Waals surface area (Å²) in [7, 11) is 0. The summed E-state index contributed by atoms with van der Waals surface area (Å²) in [6.07, 6.45) is 3.32. The number of fused-ring (bicyclic) bond motifs is 3. The minimum atomic E-state index is -0.409. The van der Waals surface area contributed by atoms with E-state index in [4.69, 9.17) is 4.74 Å². The number of ether oxygens (including phenoxy) is 1. The lowest BCUT2D eigenvalue weighted by molar-refractivity contribution is -0.938. The number of ketones is 1. The van der Waals surface area contributed by atoms with Crippen molar-refractivity contribution in [2.45, 2.75) is 31.8 Å². The number of hydrogen-bond donors (Lipinski definition) is 1. The van der Waals surface area contributed by atoms with Gasteiger partial charge in [-0.3, -0.25) is 9.59 Å². The van der Waals surface area contributed by atoms with Crippen LogP contribution < -0.4 is 5.32 Å². The van der Waals surface area contributed by atoms with Crippen molar-refractivity contribution in [3.8, 4) is 0 Å². The lowest BCUT2D eigenvalue weighted by Crippen LogP contribution is -2.65. The first-order valence-electron chi connectivity index (χ1n) is 12.1. The van der Waals surface area contributed by atoms with Crippen molar-refractivity contribution in [3.05, 3.63) is 90.5 Å². The number of anilines is 1. The molecule has 178 valence electrons. The average Bonchev–Trinajstić information content (AvgIpc) is 2.86. The lowest BCUT2D eigenvalue weighted by atomic mass is 9.82. The number of hydrogen-bond acceptors (Lipinski definition) is 4. The van der Waals surface area contributed by atoms with E-state index in [0.717, 1.165) is 37.2 Å². The van der Waals surface area contributed by atoms with Crippen LogP contribution in [0.1, 0.15) is 29.9 Å². The van der Waals surface area contributed by atoms with E-state index < -0.39 is 5.92 Å². The van der Waals surface area contributed by atoms with Gasteiger partial charge in [0.25, 0.3) is 0 Å². The zero-order chi connectivity index (χ0) is 24.1. The molecule has 0 aliphatic carbocycles. The summed E-state index contributed by atoms with van der Waals surface area (Å²) in [5.74, 6) is -0.217. The van der Waals surface area contributed by atoms with Gasteiger partial charge < -0.3 is 14.5 Å². The Morgan fingerprint density at radius 3 is 2.44 bits per heavy atom. The Balaban J connectivity index is 1.46. The first-order chi connectivity index (χ1) is 16.4. The molecule has 34 heavy (non-hydrogen) atoms. The van der Waals surface area contributed by atoms with Crippen molar-refractivity contribution < 1.29 is 18.8 Å². The topological polar surface area (TPSA) is 55.4 Å². The third-order valence-electron chi connectivity index (χ3n) is 7.44. The Morgan fingerprint density at radius 2 is 1.79 bits per heavy atom. The monoisotopic (exact) mass is 459 g/mol. The predicted molar refractivity (Wildman–Crippen MR) is 136 cm³/mol. The average molecular weight is 460 g/mol. The molecular formula is C29H35N2O3+. The Kier molecular flexibility index (Phi) is 7.32. The number of rotatable bonds is 10. The van der Waals surface area contributed by atoms with Crippen LogP contribution in [0.2, 0.25) is 0 Å². The Labute approximate surface area is 202 Å². The lowest BCUT2D eigenvalue weighted by Gasteiger charge is -2.51. The molecule has 0 aromatic heterocycles. The van der Waals surface area contributed by atoms with Gasteiger partial charge in [0.15, 0.2) is 6.10 Å². The molecule has 5 heteroatoms. The van der Waals surface area contributed by atoms with Gasteiger partial charge in [-0.05, 0) is 24.6 Å². The van der Waals surface area contributed by atoms with E-state index in [-0.39, 0.29) is 17.9 Å². The van der Waals surface area contributed by atoms with Crippen molar-refractivity contribution >= 4 is 17.4 Å². The molecule has 3 saturated heterocycles. The van der Waals surface area contributed by atoms with Crippen molar-refractivity contribution in [1.82, 2.24) is 0 Å². The number of benzene rings is 2. The van der Waals surface area contributed by atoms with Crippen LogP contribution in [-0.2, 0) is 14.3 Å². The maximum atomic E-state index is 13.5. The molecule has 1 N–H and O–H groups in total. The number of aryl methyl sites for hydroxylation is 1. The second-order valence-electron chi connectivity index (χ2n) is 9.81. The molecule has 0 amide bonds. The maximum Gasteiger partial charge on any atom is 0.315 e. The van der Waals surface area contributed by atoms with Crippen molar-refractivity contribution in [3.63, 3.8) is 0 Å². The SMILES string of the molecule is C=CC(=C)C(=O)C[N+]12CCC(CC1)C(OC(=O)C(CNc1ccc(C)cc1)c1ccccc1)C2. The van der Waals surface area contributed by atoms with Crippen molar-refractivity contribution in [2.24, 2.45) is 5.92 Å². The van der Waals surface area contributed by atoms with E-state index in [1.807, 2.05) is 42.5 Å². The van der Waals surface area contributed by atoms with Gasteiger partial charge in [-0.1, -0.05) is 67.3 Å².